The molecule has 0 saturated heterocycles. The van der Waals surface area contributed by atoms with E-state index in [1.165, 1.54) is 16.2 Å². The molecule has 7 heteroatoms. The van der Waals surface area contributed by atoms with E-state index in [2.05, 4.69) is 15.5 Å². The number of aromatic nitrogens is 2. The summed E-state index contributed by atoms with van der Waals surface area (Å²) in [6.07, 6.45) is 0. The van der Waals surface area contributed by atoms with Gasteiger partial charge in [-0.05, 0) is 24.3 Å². The van der Waals surface area contributed by atoms with Crippen LogP contribution in [0.25, 0.3) is 10.6 Å². The van der Waals surface area contributed by atoms with Gasteiger partial charge in [0.15, 0.2) is 0 Å². The number of hydrogen-bond acceptors (Lipinski definition) is 5. The molecule has 0 bridgehead atoms. The monoisotopic (exact) mass is 296 g/mol. The highest BCUT2D eigenvalue weighted by Crippen LogP contribution is 2.29. The molecule has 0 aliphatic rings. The lowest BCUT2D eigenvalue weighted by Crippen LogP contribution is -2.28. The van der Waals surface area contributed by atoms with Gasteiger partial charge in [0.25, 0.3) is 0 Å². The Morgan fingerprint density at radius 1 is 1.32 bits per heavy atom. The highest BCUT2D eigenvalue weighted by Gasteiger charge is 2.06. The number of rotatable bonds is 4. The third-order valence-corrected chi connectivity index (χ3v) is 3.66. The number of thiophene rings is 1. The first-order valence-electron chi connectivity index (χ1n) is 5.60. The minimum Gasteiger partial charge on any atom is -0.360 e. The van der Waals surface area contributed by atoms with Gasteiger partial charge in [0.05, 0.1) is 15.8 Å². The van der Waals surface area contributed by atoms with Gasteiger partial charge in [0.1, 0.15) is 11.5 Å². The van der Waals surface area contributed by atoms with Crippen molar-refractivity contribution in [3.8, 4) is 10.6 Å². The zero-order valence-corrected chi connectivity index (χ0v) is 12.1. The van der Waals surface area contributed by atoms with E-state index in [1.807, 2.05) is 18.2 Å². The molecule has 5 nitrogen and oxygen atoms in total. The summed E-state index contributed by atoms with van der Waals surface area (Å²) in [6, 6.07) is 7.36. The number of amides is 1. The molecule has 0 unspecified atom stereocenters. The quantitative estimate of drug-likeness (QED) is 0.941. The van der Waals surface area contributed by atoms with Crippen molar-refractivity contribution in [1.29, 1.82) is 0 Å². The first-order valence-corrected chi connectivity index (χ1v) is 6.79. The van der Waals surface area contributed by atoms with Crippen molar-refractivity contribution in [3.63, 3.8) is 0 Å². The van der Waals surface area contributed by atoms with Crippen LogP contribution in [-0.4, -0.2) is 41.6 Å². The molecule has 0 atom stereocenters. The van der Waals surface area contributed by atoms with E-state index < -0.39 is 0 Å². The Bertz CT molecular complexity index is 567. The van der Waals surface area contributed by atoms with E-state index in [4.69, 9.17) is 11.6 Å². The topological polar surface area (TPSA) is 58.1 Å². The Morgan fingerprint density at radius 3 is 2.63 bits per heavy atom. The molecule has 0 aliphatic heterocycles. The fourth-order valence-electron chi connectivity index (χ4n) is 1.33. The molecular formula is C12H13ClN4OS. The molecule has 0 spiro atoms. The van der Waals surface area contributed by atoms with E-state index in [-0.39, 0.29) is 12.5 Å². The van der Waals surface area contributed by atoms with Crippen molar-refractivity contribution in [1.82, 2.24) is 15.1 Å². The summed E-state index contributed by atoms with van der Waals surface area (Å²) in [5.41, 5.74) is 0.765. The summed E-state index contributed by atoms with van der Waals surface area (Å²) in [5.74, 6) is 0.553. The number of hydrogen-bond donors (Lipinski definition) is 1. The summed E-state index contributed by atoms with van der Waals surface area (Å²) in [4.78, 5) is 13.9. The fourth-order valence-corrected chi connectivity index (χ4v) is 2.34. The highest BCUT2D eigenvalue weighted by molar-refractivity contribution is 7.19. The molecule has 0 fully saturated rings. The zero-order chi connectivity index (χ0) is 13.8. The Morgan fingerprint density at radius 2 is 2.11 bits per heavy atom. The van der Waals surface area contributed by atoms with Crippen molar-refractivity contribution >= 4 is 34.7 Å². The summed E-state index contributed by atoms with van der Waals surface area (Å²) in [6.45, 7) is 0.200. The lowest BCUT2D eigenvalue weighted by atomic mass is 10.3. The number of carbonyl (C=O) groups is 1. The number of nitrogens with one attached hydrogen (secondary N) is 1. The Labute approximate surface area is 120 Å². The molecule has 0 radical (unpaired) electrons. The first-order chi connectivity index (χ1) is 9.06. The standard InChI is InChI=1S/C12H13ClN4OS/c1-17(2)12(18)7-14-11-6-3-8(15-16-11)9-4-5-10(13)19-9/h3-6H,7H2,1-2H3,(H,14,16). The SMILES string of the molecule is CN(C)C(=O)CNc1ccc(-c2ccc(Cl)s2)nn1. The number of anilines is 1. The molecule has 0 aliphatic carbocycles. The van der Waals surface area contributed by atoms with Gasteiger partial charge in [-0.25, -0.2) is 0 Å². The second-order valence-electron chi connectivity index (χ2n) is 4.05. The molecule has 19 heavy (non-hydrogen) atoms. The molecule has 1 amide bonds. The lowest BCUT2D eigenvalue weighted by molar-refractivity contribution is -0.126. The average Bonchev–Trinajstić information content (AvgIpc) is 2.83. The van der Waals surface area contributed by atoms with Gasteiger partial charge in [0, 0.05) is 14.1 Å². The van der Waals surface area contributed by atoms with Gasteiger partial charge in [-0.1, -0.05) is 11.6 Å². The van der Waals surface area contributed by atoms with Gasteiger partial charge < -0.3 is 10.2 Å². The molecule has 1 N–H and O–H groups in total. The van der Waals surface area contributed by atoms with Crippen LogP contribution in [0.15, 0.2) is 24.3 Å². The molecule has 0 aromatic carbocycles. The maximum absolute atomic E-state index is 11.4. The van der Waals surface area contributed by atoms with E-state index in [1.54, 1.807) is 20.2 Å². The predicted octanol–water partition coefficient (Wildman–Crippen LogP) is 2.36. The average molecular weight is 297 g/mol. The van der Waals surface area contributed by atoms with Crippen LogP contribution in [0.4, 0.5) is 5.82 Å². The van der Waals surface area contributed by atoms with Crippen LogP contribution in [0.5, 0.6) is 0 Å². The van der Waals surface area contributed by atoms with Crippen molar-refractivity contribution in [3.05, 3.63) is 28.6 Å². The van der Waals surface area contributed by atoms with Gasteiger partial charge >= 0.3 is 0 Å². The number of halogens is 1. The molecular weight excluding hydrogens is 284 g/mol. The molecule has 100 valence electrons. The lowest BCUT2D eigenvalue weighted by Gasteiger charge is -2.10. The number of nitrogens with zero attached hydrogens (tertiary/aromatic N) is 3. The minimum atomic E-state index is -0.0177. The molecule has 2 heterocycles. The predicted molar refractivity (Wildman–Crippen MR) is 77.5 cm³/mol. The van der Waals surface area contributed by atoms with Crippen molar-refractivity contribution in [2.45, 2.75) is 0 Å². The van der Waals surface area contributed by atoms with Crippen molar-refractivity contribution in [2.24, 2.45) is 0 Å². The summed E-state index contributed by atoms with van der Waals surface area (Å²) in [7, 11) is 3.42. The minimum absolute atomic E-state index is 0.0177. The summed E-state index contributed by atoms with van der Waals surface area (Å²) in [5, 5.41) is 11.0. The van der Waals surface area contributed by atoms with E-state index in [0.29, 0.717) is 5.82 Å². The van der Waals surface area contributed by atoms with Crippen LogP contribution in [0, 0.1) is 0 Å². The van der Waals surface area contributed by atoms with Crippen LogP contribution in [0.2, 0.25) is 4.34 Å². The first kappa shape index (κ1) is 13.8. The van der Waals surface area contributed by atoms with Crippen LogP contribution in [-0.2, 0) is 4.79 Å². The van der Waals surface area contributed by atoms with Crippen molar-refractivity contribution < 1.29 is 4.79 Å². The molecule has 2 aromatic rings. The number of carbonyl (C=O) groups excluding carboxylic acids is 1. The third kappa shape index (κ3) is 3.65. The normalized spacial score (nSPS) is 10.3. The number of likely N-dealkylation sites (N-methyl/N-ethyl adjacent to an activating group) is 1. The Kier molecular flexibility index (Phi) is 4.34. The molecule has 2 rings (SSSR count). The maximum atomic E-state index is 11.4. The van der Waals surface area contributed by atoms with Crippen LogP contribution in [0.3, 0.4) is 0 Å². The van der Waals surface area contributed by atoms with Gasteiger partial charge in [-0.2, -0.15) is 0 Å². The summed E-state index contributed by atoms with van der Waals surface area (Å²) < 4.78 is 0.718. The van der Waals surface area contributed by atoms with Gasteiger partial charge in [-0.3, -0.25) is 4.79 Å². The smallest absolute Gasteiger partial charge is 0.241 e. The van der Waals surface area contributed by atoms with Crippen molar-refractivity contribution in [2.75, 3.05) is 26.0 Å². The van der Waals surface area contributed by atoms with E-state index in [9.17, 15) is 4.79 Å². The zero-order valence-electron chi connectivity index (χ0n) is 10.6. The Balaban J connectivity index is 2.01. The van der Waals surface area contributed by atoms with Crippen LogP contribution < -0.4 is 5.32 Å². The van der Waals surface area contributed by atoms with Crippen LogP contribution in [0.1, 0.15) is 0 Å². The second-order valence-corrected chi connectivity index (χ2v) is 5.76. The van der Waals surface area contributed by atoms with E-state index in [0.717, 1.165) is 14.9 Å². The van der Waals surface area contributed by atoms with Gasteiger partial charge in [0.2, 0.25) is 5.91 Å². The third-order valence-electron chi connectivity index (χ3n) is 2.41. The molecule has 2 aromatic heterocycles. The highest BCUT2D eigenvalue weighted by atomic mass is 35.5. The second kappa shape index (κ2) is 5.99. The molecule has 0 saturated carbocycles. The fraction of sp³-hybridized carbons (Fsp3) is 0.250. The summed E-state index contributed by atoms with van der Waals surface area (Å²) >= 11 is 7.32. The Hall–Kier alpha value is -1.66. The largest absolute Gasteiger partial charge is 0.360 e. The van der Waals surface area contributed by atoms with Crippen LogP contribution >= 0.6 is 22.9 Å². The van der Waals surface area contributed by atoms with Gasteiger partial charge in [-0.15, -0.1) is 21.5 Å². The van der Waals surface area contributed by atoms with E-state index >= 15 is 0 Å². The maximum Gasteiger partial charge on any atom is 0.241 e.